The molecule has 4 rings (SSSR count). The summed E-state index contributed by atoms with van der Waals surface area (Å²) in [6, 6.07) is 21.2. The first-order valence-corrected chi connectivity index (χ1v) is 9.48. The lowest BCUT2D eigenvalue weighted by Gasteiger charge is -2.10. The fourth-order valence-corrected chi connectivity index (χ4v) is 3.11. The number of nitriles is 1. The van der Waals surface area contributed by atoms with Crippen molar-refractivity contribution in [3.63, 3.8) is 0 Å². The van der Waals surface area contributed by atoms with Crippen LogP contribution in [0.2, 0.25) is 0 Å². The molecule has 0 unspecified atom stereocenters. The van der Waals surface area contributed by atoms with E-state index in [1.54, 1.807) is 55.5 Å². The summed E-state index contributed by atoms with van der Waals surface area (Å²) in [5.41, 5.74) is 2.86. The third-order valence-electron chi connectivity index (χ3n) is 4.65. The lowest BCUT2D eigenvalue weighted by atomic mass is 10.1. The van der Waals surface area contributed by atoms with Crippen molar-refractivity contribution in [2.75, 3.05) is 11.6 Å². The first-order chi connectivity index (χ1) is 15.1. The monoisotopic (exact) mass is 411 g/mol. The van der Waals surface area contributed by atoms with E-state index in [1.165, 1.54) is 5.01 Å². The second-order valence-electron chi connectivity index (χ2n) is 6.71. The second kappa shape index (κ2) is 8.51. The molecule has 0 radical (unpaired) electrons. The molecule has 31 heavy (non-hydrogen) atoms. The third kappa shape index (κ3) is 4.14. The van der Waals surface area contributed by atoms with Crippen LogP contribution in [-0.2, 0) is 9.53 Å². The van der Waals surface area contributed by atoms with Crippen LogP contribution < -0.4 is 5.01 Å². The number of hydrogen-bond donors (Lipinski definition) is 0. The van der Waals surface area contributed by atoms with Gasteiger partial charge in [-0.05, 0) is 49.4 Å². The fourth-order valence-electron chi connectivity index (χ4n) is 3.11. The van der Waals surface area contributed by atoms with Gasteiger partial charge in [-0.2, -0.15) is 15.4 Å². The van der Waals surface area contributed by atoms with Crippen molar-refractivity contribution in [2.24, 2.45) is 5.10 Å². The van der Waals surface area contributed by atoms with Crippen LogP contribution in [0, 0.1) is 11.3 Å². The minimum absolute atomic E-state index is 0.220. The number of hydrazone groups is 1. The van der Waals surface area contributed by atoms with E-state index in [1.807, 2.05) is 30.3 Å². The van der Waals surface area contributed by atoms with Crippen LogP contribution in [0.15, 0.2) is 81.8 Å². The molecular formula is C24H17N3O4. The zero-order valence-electron chi connectivity index (χ0n) is 16.6. The van der Waals surface area contributed by atoms with Gasteiger partial charge >= 0.3 is 5.97 Å². The van der Waals surface area contributed by atoms with E-state index in [4.69, 9.17) is 14.4 Å². The van der Waals surface area contributed by atoms with Gasteiger partial charge in [0.1, 0.15) is 17.6 Å². The topological polar surface area (TPSA) is 95.9 Å². The number of nitrogens with zero attached hydrogens (tertiary/aromatic N) is 3. The van der Waals surface area contributed by atoms with Gasteiger partial charge in [0.05, 0.1) is 22.5 Å². The van der Waals surface area contributed by atoms with E-state index in [0.29, 0.717) is 34.1 Å². The first kappa shape index (κ1) is 19.9. The van der Waals surface area contributed by atoms with Crippen LogP contribution in [0.25, 0.3) is 17.4 Å². The zero-order valence-corrected chi connectivity index (χ0v) is 16.6. The van der Waals surface area contributed by atoms with E-state index >= 15 is 0 Å². The molecule has 3 aromatic rings. The number of rotatable bonds is 5. The highest BCUT2D eigenvalue weighted by atomic mass is 16.5. The third-order valence-corrected chi connectivity index (χ3v) is 4.65. The Bertz CT molecular complexity index is 1230. The van der Waals surface area contributed by atoms with E-state index in [-0.39, 0.29) is 12.5 Å². The molecule has 0 N–H and O–H groups in total. The van der Waals surface area contributed by atoms with Gasteiger partial charge in [0.25, 0.3) is 5.91 Å². The summed E-state index contributed by atoms with van der Waals surface area (Å²) >= 11 is 0. The average Bonchev–Trinajstić information content (AvgIpc) is 3.38. The number of amides is 1. The molecule has 1 aliphatic heterocycles. The predicted molar refractivity (Wildman–Crippen MR) is 115 cm³/mol. The van der Waals surface area contributed by atoms with Crippen molar-refractivity contribution in [3.05, 3.63) is 83.6 Å². The molecule has 0 spiro atoms. The lowest BCUT2D eigenvalue weighted by molar-refractivity contribution is -0.114. The molecule has 2 aromatic carbocycles. The number of anilines is 1. The Hall–Kier alpha value is -4.44. The zero-order chi connectivity index (χ0) is 21.8. The van der Waals surface area contributed by atoms with Crippen molar-refractivity contribution in [1.29, 1.82) is 5.26 Å². The number of benzene rings is 2. The Balaban J connectivity index is 1.52. The standard InChI is InChI=1S/C24H17N3O4/c1-16-21(23(28)27(26-16)19-5-3-2-4-6-19)15-20-11-12-22(31-20)17-7-9-18(10-8-17)24(29)30-14-13-25/h2-12,15H,14H2,1H3/b21-15-. The Kier molecular flexibility index (Phi) is 5.45. The molecule has 0 bridgehead atoms. The highest BCUT2D eigenvalue weighted by Crippen LogP contribution is 2.27. The molecule has 0 saturated carbocycles. The molecule has 0 saturated heterocycles. The minimum atomic E-state index is -0.560. The summed E-state index contributed by atoms with van der Waals surface area (Å²) in [4.78, 5) is 24.6. The van der Waals surface area contributed by atoms with Gasteiger partial charge in [-0.3, -0.25) is 4.79 Å². The van der Waals surface area contributed by atoms with E-state index in [0.717, 1.165) is 5.56 Å². The molecule has 0 aliphatic carbocycles. The molecule has 0 atom stereocenters. The predicted octanol–water partition coefficient (Wildman–Crippen LogP) is 4.43. The number of ether oxygens (including phenoxy) is 1. The van der Waals surface area contributed by atoms with Gasteiger partial charge in [0.15, 0.2) is 6.61 Å². The largest absolute Gasteiger partial charge is 0.457 e. The maximum atomic E-state index is 12.8. The number of furan rings is 1. The number of hydrogen-bond acceptors (Lipinski definition) is 6. The Morgan fingerprint density at radius 2 is 1.87 bits per heavy atom. The van der Waals surface area contributed by atoms with Crippen LogP contribution in [0.3, 0.4) is 0 Å². The lowest BCUT2D eigenvalue weighted by Crippen LogP contribution is -2.21. The highest BCUT2D eigenvalue weighted by molar-refractivity contribution is 6.32. The van der Waals surface area contributed by atoms with Gasteiger partial charge in [0.2, 0.25) is 0 Å². The smallest absolute Gasteiger partial charge is 0.339 e. The molecule has 7 nitrogen and oxygen atoms in total. The quantitative estimate of drug-likeness (QED) is 0.457. The number of carbonyl (C=O) groups is 2. The van der Waals surface area contributed by atoms with Crippen LogP contribution in [0.5, 0.6) is 0 Å². The van der Waals surface area contributed by atoms with E-state index in [2.05, 4.69) is 5.10 Å². The van der Waals surface area contributed by atoms with Crippen LogP contribution in [0.4, 0.5) is 5.69 Å². The molecule has 7 heteroatoms. The van der Waals surface area contributed by atoms with Gasteiger partial charge in [-0.1, -0.05) is 30.3 Å². The Morgan fingerprint density at radius 3 is 2.58 bits per heavy atom. The number of para-hydroxylation sites is 1. The van der Waals surface area contributed by atoms with Gasteiger partial charge in [0, 0.05) is 5.56 Å². The molecule has 1 aromatic heterocycles. The van der Waals surface area contributed by atoms with Gasteiger partial charge in [-0.15, -0.1) is 0 Å². The van der Waals surface area contributed by atoms with Crippen molar-refractivity contribution >= 4 is 29.4 Å². The second-order valence-corrected chi connectivity index (χ2v) is 6.71. The SMILES string of the molecule is CC1=NN(c2ccccc2)C(=O)/C1=C\c1ccc(-c2ccc(C(=O)OCC#N)cc2)o1. The van der Waals surface area contributed by atoms with Crippen LogP contribution in [-0.4, -0.2) is 24.2 Å². The van der Waals surface area contributed by atoms with Crippen molar-refractivity contribution in [2.45, 2.75) is 6.92 Å². The highest BCUT2D eigenvalue weighted by Gasteiger charge is 2.28. The summed E-state index contributed by atoms with van der Waals surface area (Å²) in [7, 11) is 0. The number of carbonyl (C=O) groups excluding carboxylic acids is 2. The summed E-state index contributed by atoms with van der Waals surface area (Å²) in [6.07, 6.45) is 1.67. The van der Waals surface area contributed by atoms with Crippen LogP contribution in [0.1, 0.15) is 23.0 Å². The molecule has 0 fully saturated rings. The van der Waals surface area contributed by atoms with Gasteiger partial charge < -0.3 is 9.15 Å². The van der Waals surface area contributed by atoms with Crippen molar-refractivity contribution < 1.29 is 18.7 Å². The van der Waals surface area contributed by atoms with Crippen molar-refractivity contribution in [3.8, 4) is 17.4 Å². The molecular weight excluding hydrogens is 394 g/mol. The summed E-state index contributed by atoms with van der Waals surface area (Å²) in [6.45, 7) is 1.49. The maximum absolute atomic E-state index is 12.8. The molecule has 2 heterocycles. The average molecular weight is 411 g/mol. The molecule has 152 valence electrons. The summed E-state index contributed by atoms with van der Waals surface area (Å²) in [5.74, 6) is 0.321. The first-order valence-electron chi connectivity index (χ1n) is 9.48. The van der Waals surface area contributed by atoms with Crippen LogP contribution >= 0.6 is 0 Å². The summed E-state index contributed by atoms with van der Waals surface area (Å²) < 4.78 is 10.7. The Labute approximate surface area is 178 Å². The Morgan fingerprint density at radius 1 is 1.13 bits per heavy atom. The molecule has 1 amide bonds. The van der Waals surface area contributed by atoms with Gasteiger partial charge in [-0.25, -0.2) is 4.79 Å². The number of esters is 1. The van der Waals surface area contributed by atoms with E-state index < -0.39 is 5.97 Å². The normalized spacial score (nSPS) is 14.5. The van der Waals surface area contributed by atoms with E-state index in [9.17, 15) is 9.59 Å². The van der Waals surface area contributed by atoms with Crippen molar-refractivity contribution in [1.82, 2.24) is 0 Å². The minimum Gasteiger partial charge on any atom is -0.457 e. The fraction of sp³-hybridized carbons (Fsp3) is 0.0833. The maximum Gasteiger partial charge on any atom is 0.339 e. The molecule has 1 aliphatic rings. The summed E-state index contributed by atoms with van der Waals surface area (Å²) in [5, 5.41) is 14.2.